The first-order valence-electron chi connectivity index (χ1n) is 5.73. The number of rotatable bonds is 4. The number of aromatic nitrogens is 2. The van der Waals surface area contributed by atoms with Crippen molar-refractivity contribution in [1.82, 2.24) is 9.55 Å². The SMILES string of the molecule is Cc1nccn1CCS(=O)(=O)c1ccc(C#N)cc1. The molecule has 0 unspecified atom stereocenters. The Morgan fingerprint density at radius 1 is 1.32 bits per heavy atom. The summed E-state index contributed by atoms with van der Waals surface area (Å²) in [6, 6.07) is 7.91. The fourth-order valence-electron chi connectivity index (χ4n) is 1.71. The second kappa shape index (κ2) is 5.24. The standard InChI is InChI=1S/C13H13N3O2S/c1-11-15-6-7-16(11)8-9-19(17,18)13-4-2-12(10-14)3-5-13/h2-7H,8-9H2,1H3. The number of hydrogen-bond donors (Lipinski definition) is 0. The van der Waals surface area contributed by atoms with Gasteiger partial charge in [0.1, 0.15) is 5.82 Å². The zero-order valence-corrected chi connectivity index (χ0v) is 11.3. The third-order valence-electron chi connectivity index (χ3n) is 2.87. The van der Waals surface area contributed by atoms with Gasteiger partial charge in [0.05, 0.1) is 22.3 Å². The van der Waals surface area contributed by atoms with E-state index in [4.69, 9.17) is 5.26 Å². The molecule has 0 spiro atoms. The number of aryl methyl sites for hydroxylation is 2. The zero-order valence-electron chi connectivity index (χ0n) is 10.4. The van der Waals surface area contributed by atoms with E-state index in [9.17, 15) is 8.42 Å². The smallest absolute Gasteiger partial charge is 0.180 e. The van der Waals surface area contributed by atoms with Crippen LogP contribution in [0.2, 0.25) is 0 Å². The summed E-state index contributed by atoms with van der Waals surface area (Å²) in [4.78, 5) is 4.28. The van der Waals surface area contributed by atoms with Gasteiger partial charge in [-0.25, -0.2) is 13.4 Å². The van der Waals surface area contributed by atoms with Crippen molar-refractivity contribution in [3.63, 3.8) is 0 Å². The van der Waals surface area contributed by atoms with Crippen molar-refractivity contribution in [1.29, 1.82) is 5.26 Å². The Hall–Kier alpha value is -2.13. The van der Waals surface area contributed by atoms with E-state index in [1.807, 2.05) is 13.0 Å². The van der Waals surface area contributed by atoms with Crippen molar-refractivity contribution in [2.45, 2.75) is 18.4 Å². The first-order chi connectivity index (χ1) is 9.03. The Morgan fingerprint density at radius 3 is 2.53 bits per heavy atom. The van der Waals surface area contributed by atoms with E-state index >= 15 is 0 Å². The number of benzene rings is 1. The van der Waals surface area contributed by atoms with Crippen LogP contribution in [0.1, 0.15) is 11.4 Å². The van der Waals surface area contributed by atoms with Crippen molar-refractivity contribution >= 4 is 9.84 Å². The van der Waals surface area contributed by atoms with Crippen LogP contribution in [0.5, 0.6) is 0 Å². The molecule has 0 aliphatic rings. The van der Waals surface area contributed by atoms with Gasteiger partial charge in [0.15, 0.2) is 9.84 Å². The maximum absolute atomic E-state index is 12.1. The highest BCUT2D eigenvalue weighted by Crippen LogP contribution is 2.13. The van der Waals surface area contributed by atoms with Crippen LogP contribution in [0.25, 0.3) is 0 Å². The van der Waals surface area contributed by atoms with Gasteiger partial charge in [0.25, 0.3) is 0 Å². The second-order valence-corrected chi connectivity index (χ2v) is 6.23. The molecule has 0 aliphatic heterocycles. The number of imidazole rings is 1. The largest absolute Gasteiger partial charge is 0.334 e. The van der Waals surface area contributed by atoms with E-state index in [-0.39, 0.29) is 10.6 Å². The highest BCUT2D eigenvalue weighted by atomic mass is 32.2. The van der Waals surface area contributed by atoms with Gasteiger partial charge >= 0.3 is 0 Å². The molecule has 1 aromatic heterocycles. The van der Waals surface area contributed by atoms with Crippen LogP contribution < -0.4 is 0 Å². The maximum atomic E-state index is 12.1. The molecular weight excluding hydrogens is 262 g/mol. The number of nitrogens with zero attached hydrogens (tertiary/aromatic N) is 3. The van der Waals surface area contributed by atoms with Gasteiger partial charge in [-0.3, -0.25) is 0 Å². The molecule has 1 heterocycles. The predicted molar refractivity (Wildman–Crippen MR) is 70.2 cm³/mol. The topological polar surface area (TPSA) is 75.8 Å². The molecule has 5 nitrogen and oxygen atoms in total. The summed E-state index contributed by atoms with van der Waals surface area (Å²) in [6.07, 6.45) is 3.40. The van der Waals surface area contributed by atoms with Crippen LogP contribution in [0, 0.1) is 18.3 Å². The van der Waals surface area contributed by atoms with Crippen LogP contribution in [0.4, 0.5) is 0 Å². The van der Waals surface area contributed by atoms with E-state index in [2.05, 4.69) is 4.98 Å². The van der Waals surface area contributed by atoms with Crippen molar-refractivity contribution in [3.05, 3.63) is 48.0 Å². The fourth-order valence-corrected chi connectivity index (χ4v) is 2.94. The quantitative estimate of drug-likeness (QED) is 0.848. The van der Waals surface area contributed by atoms with Gasteiger partial charge in [-0.1, -0.05) is 0 Å². The molecule has 0 amide bonds. The molecule has 2 aromatic rings. The van der Waals surface area contributed by atoms with Crippen LogP contribution in [0.15, 0.2) is 41.6 Å². The Labute approximate surface area is 112 Å². The summed E-state index contributed by atoms with van der Waals surface area (Å²) >= 11 is 0. The Balaban J connectivity index is 2.14. The highest BCUT2D eigenvalue weighted by molar-refractivity contribution is 7.91. The molecule has 0 saturated carbocycles. The molecule has 6 heteroatoms. The first kappa shape index (κ1) is 13.3. The van der Waals surface area contributed by atoms with Gasteiger partial charge in [-0.2, -0.15) is 5.26 Å². The van der Waals surface area contributed by atoms with Gasteiger partial charge in [-0.05, 0) is 31.2 Å². The van der Waals surface area contributed by atoms with Gasteiger partial charge in [0, 0.05) is 18.9 Å². The number of hydrogen-bond acceptors (Lipinski definition) is 4. The molecule has 0 aliphatic carbocycles. The highest BCUT2D eigenvalue weighted by Gasteiger charge is 2.14. The third-order valence-corrected chi connectivity index (χ3v) is 4.58. The van der Waals surface area contributed by atoms with E-state index in [0.29, 0.717) is 12.1 Å². The van der Waals surface area contributed by atoms with Crippen molar-refractivity contribution < 1.29 is 8.42 Å². The Kier molecular flexibility index (Phi) is 3.67. The molecule has 0 fully saturated rings. The van der Waals surface area contributed by atoms with Crippen molar-refractivity contribution in [2.75, 3.05) is 5.75 Å². The summed E-state index contributed by atoms with van der Waals surface area (Å²) in [7, 11) is -3.34. The molecule has 0 bridgehead atoms. The van der Waals surface area contributed by atoms with Gasteiger partial charge in [0.2, 0.25) is 0 Å². The second-order valence-electron chi connectivity index (χ2n) is 4.12. The summed E-state index contributed by atoms with van der Waals surface area (Å²) in [6.45, 7) is 2.20. The minimum atomic E-state index is -3.34. The van der Waals surface area contributed by atoms with E-state index < -0.39 is 9.84 Å². The average molecular weight is 275 g/mol. The van der Waals surface area contributed by atoms with E-state index in [1.165, 1.54) is 24.3 Å². The summed E-state index contributed by atoms with van der Waals surface area (Å²) in [5.74, 6) is 0.797. The zero-order chi connectivity index (χ0) is 13.9. The molecule has 0 radical (unpaired) electrons. The predicted octanol–water partition coefficient (Wildman–Crippen LogP) is 1.54. The van der Waals surface area contributed by atoms with Crippen molar-refractivity contribution in [3.8, 4) is 6.07 Å². The summed E-state index contributed by atoms with van der Waals surface area (Å²) in [5.41, 5.74) is 0.449. The van der Waals surface area contributed by atoms with Crippen LogP contribution in [-0.2, 0) is 16.4 Å². The van der Waals surface area contributed by atoms with Crippen LogP contribution in [-0.4, -0.2) is 23.7 Å². The van der Waals surface area contributed by atoms with Gasteiger partial charge in [-0.15, -0.1) is 0 Å². The van der Waals surface area contributed by atoms with Crippen LogP contribution >= 0.6 is 0 Å². The lowest BCUT2D eigenvalue weighted by Gasteiger charge is -2.06. The molecule has 0 N–H and O–H groups in total. The lowest BCUT2D eigenvalue weighted by molar-refractivity contribution is 0.587. The van der Waals surface area contributed by atoms with E-state index in [0.717, 1.165) is 5.82 Å². The maximum Gasteiger partial charge on any atom is 0.180 e. The van der Waals surface area contributed by atoms with Gasteiger partial charge < -0.3 is 4.57 Å². The normalized spacial score (nSPS) is 11.2. The molecule has 1 aromatic carbocycles. The summed E-state index contributed by atoms with van der Waals surface area (Å²) < 4.78 is 26.0. The Morgan fingerprint density at radius 2 is 2.00 bits per heavy atom. The minimum Gasteiger partial charge on any atom is -0.334 e. The summed E-state index contributed by atoms with van der Waals surface area (Å²) in [5, 5.41) is 8.68. The lowest BCUT2D eigenvalue weighted by Crippen LogP contribution is -2.13. The minimum absolute atomic E-state index is 0.0100. The molecule has 2 rings (SSSR count). The molecule has 19 heavy (non-hydrogen) atoms. The molecular formula is C13H13N3O2S. The number of nitriles is 1. The Bertz CT molecular complexity index is 709. The first-order valence-corrected chi connectivity index (χ1v) is 7.39. The van der Waals surface area contributed by atoms with Crippen LogP contribution in [0.3, 0.4) is 0 Å². The monoisotopic (exact) mass is 275 g/mol. The third kappa shape index (κ3) is 3.01. The number of sulfone groups is 1. The molecule has 0 saturated heterocycles. The molecule has 98 valence electrons. The fraction of sp³-hybridized carbons (Fsp3) is 0.231. The molecule has 0 atom stereocenters. The van der Waals surface area contributed by atoms with Crippen molar-refractivity contribution in [2.24, 2.45) is 0 Å². The average Bonchev–Trinajstić information content (AvgIpc) is 2.82. The lowest BCUT2D eigenvalue weighted by atomic mass is 10.2. The van der Waals surface area contributed by atoms with E-state index in [1.54, 1.807) is 17.0 Å².